The second kappa shape index (κ2) is 5.34. The third kappa shape index (κ3) is 2.45. The Balaban J connectivity index is 1.76. The first-order valence-electron chi connectivity index (χ1n) is 8.13. The maximum absolute atomic E-state index is 11.3. The summed E-state index contributed by atoms with van der Waals surface area (Å²) in [5.74, 6) is 0.900. The summed E-state index contributed by atoms with van der Waals surface area (Å²) in [6.45, 7) is 4.58. The summed E-state index contributed by atoms with van der Waals surface area (Å²) in [7, 11) is 0. The second-order valence-corrected chi connectivity index (χ2v) is 6.87. The Bertz CT molecular complexity index is 311. The predicted octanol–water partition coefficient (Wildman–Crippen LogP) is 2.90. The molecule has 110 valence electrons. The fourth-order valence-corrected chi connectivity index (χ4v) is 4.67. The molecule has 0 radical (unpaired) electrons. The largest absolute Gasteiger partial charge is 0.389 e. The number of ether oxygens (including phenoxy) is 2. The van der Waals surface area contributed by atoms with Crippen LogP contribution in [0.3, 0.4) is 0 Å². The van der Waals surface area contributed by atoms with E-state index in [1.54, 1.807) is 0 Å². The topological polar surface area (TPSA) is 38.7 Å². The van der Waals surface area contributed by atoms with E-state index in [1.165, 1.54) is 19.3 Å². The molecule has 0 aromatic heterocycles. The van der Waals surface area contributed by atoms with Crippen LogP contribution in [0.15, 0.2) is 0 Å². The minimum absolute atomic E-state index is 0.0750. The molecule has 1 N–H and O–H groups in total. The van der Waals surface area contributed by atoms with Crippen molar-refractivity contribution >= 4 is 0 Å². The highest BCUT2D eigenvalue weighted by atomic mass is 16.6. The Morgan fingerprint density at radius 2 is 2.05 bits per heavy atom. The van der Waals surface area contributed by atoms with Gasteiger partial charge in [0.05, 0.1) is 17.8 Å². The van der Waals surface area contributed by atoms with E-state index in [4.69, 9.17) is 9.47 Å². The average Bonchev–Trinajstić information content (AvgIpc) is 2.87. The third-order valence-corrected chi connectivity index (χ3v) is 5.85. The maximum Gasteiger partial charge on any atom is 0.0940 e. The average molecular weight is 268 g/mol. The zero-order chi connectivity index (χ0) is 13.3. The van der Waals surface area contributed by atoms with E-state index < -0.39 is 5.60 Å². The van der Waals surface area contributed by atoms with Gasteiger partial charge in [0.15, 0.2) is 0 Å². The van der Waals surface area contributed by atoms with Gasteiger partial charge in [-0.15, -0.1) is 0 Å². The molecule has 3 nitrogen and oxygen atoms in total. The first-order chi connectivity index (χ1) is 9.19. The van der Waals surface area contributed by atoms with Crippen molar-refractivity contribution in [3.8, 4) is 0 Å². The molecule has 1 spiro atoms. The smallest absolute Gasteiger partial charge is 0.0940 e. The molecule has 2 heterocycles. The van der Waals surface area contributed by atoms with Crippen molar-refractivity contribution in [1.29, 1.82) is 0 Å². The van der Waals surface area contributed by atoms with Gasteiger partial charge in [-0.1, -0.05) is 26.2 Å². The molecule has 19 heavy (non-hydrogen) atoms. The van der Waals surface area contributed by atoms with Crippen LogP contribution in [0.5, 0.6) is 0 Å². The van der Waals surface area contributed by atoms with Gasteiger partial charge in [-0.2, -0.15) is 0 Å². The van der Waals surface area contributed by atoms with E-state index in [2.05, 4.69) is 6.92 Å². The van der Waals surface area contributed by atoms with Gasteiger partial charge in [0.25, 0.3) is 0 Å². The Hall–Kier alpha value is -0.120. The summed E-state index contributed by atoms with van der Waals surface area (Å²) in [4.78, 5) is 0. The van der Waals surface area contributed by atoms with Gasteiger partial charge in [-0.05, 0) is 37.5 Å². The number of hydrogen-bond acceptors (Lipinski definition) is 3. The van der Waals surface area contributed by atoms with E-state index in [9.17, 15) is 5.11 Å². The minimum atomic E-state index is -0.438. The van der Waals surface area contributed by atoms with E-state index >= 15 is 0 Å². The highest BCUT2D eigenvalue weighted by Crippen LogP contribution is 2.48. The van der Waals surface area contributed by atoms with Crippen molar-refractivity contribution in [3.63, 3.8) is 0 Å². The molecule has 0 aromatic carbocycles. The summed E-state index contributed by atoms with van der Waals surface area (Å²) in [5.41, 5.74) is -0.513. The van der Waals surface area contributed by atoms with Crippen LogP contribution in [-0.2, 0) is 9.47 Å². The highest BCUT2D eigenvalue weighted by Gasteiger charge is 2.50. The van der Waals surface area contributed by atoms with Crippen LogP contribution >= 0.6 is 0 Å². The van der Waals surface area contributed by atoms with Crippen LogP contribution in [0.1, 0.15) is 58.3 Å². The lowest BCUT2D eigenvalue weighted by Gasteiger charge is -2.50. The van der Waals surface area contributed by atoms with Crippen molar-refractivity contribution in [3.05, 3.63) is 0 Å². The Labute approximate surface area is 116 Å². The van der Waals surface area contributed by atoms with Gasteiger partial charge in [-0.25, -0.2) is 0 Å². The fraction of sp³-hybridized carbons (Fsp3) is 1.00. The molecule has 3 heteroatoms. The third-order valence-electron chi connectivity index (χ3n) is 5.85. The SMILES string of the molecule is CCC1CCCCC1(O)C1CCOC2(CCOC2)C1. The van der Waals surface area contributed by atoms with E-state index in [1.807, 2.05) is 0 Å². The van der Waals surface area contributed by atoms with Gasteiger partial charge in [0.2, 0.25) is 0 Å². The Morgan fingerprint density at radius 1 is 1.16 bits per heavy atom. The first-order valence-corrected chi connectivity index (χ1v) is 8.13. The zero-order valence-electron chi connectivity index (χ0n) is 12.2. The Morgan fingerprint density at radius 3 is 2.79 bits per heavy atom. The lowest BCUT2D eigenvalue weighted by atomic mass is 9.63. The van der Waals surface area contributed by atoms with Crippen molar-refractivity contribution in [2.75, 3.05) is 19.8 Å². The van der Waals surface area contributed by atoms with Gasteiger partial charge in [-0.3, -0.25) is 0 Å². The Kier molecular flexibility index (Phi) is 3.89. The first kappa shape index (κ1) is 13.8. The molecule has 0 amide bonds. The standard InChI is InChI=1S/C16H28O3/c1-2-13-5-3-4-7-16(13,17)14-6-9-19-15(11-14)8-10-18-12-15/h13-14,17H,2-12H2,1H3. The monoisotopic (exact) mass is 268 g/mol. The molecule has 4 unspecified atom stereocenters. The second-order valence-electron chi connectivity index (χ2n) is 6.87. The summed E-state index contributed by atoms with van der Waals surface area (Å²) in [6.07, 6.45) is 8.82. The molecule has 3 aliphatic rings. The van der Waals surface area contributed by atoms with Crippen LogP contribution in [0.4, 0.5) is 0 Å². The van der Waals surface area contributed by atoms with Gasteiger partial charge in [0, 0.05) is 19.6 Å². The number of hydrogen-bond donors (Lipinski definition) is 1. The lowest BCUT2D eigenvalue weighted by Crippen LogP contribution is -2.53. The van der Waals surface area contributed by atoms with Gasteiger partial charge < -0.3 is 14.6 Å². The van der Waals surface area contributed by atoms with Crippen molar-refractivity contribution in [2.45, 2.75) is 69.5 Å². The maximum atomic E-state index is 11.3. The molecule has 2 saturated heterocycles. The molecule has 1 saturated carbocycles. The molecule has 3 rings (SSSR count). The van der Waals surface area contributed by atoms with Crippen LogP contribution in [0, 0.1) is 11.8 Å². The normalized spacial score (nSPS) is 47.7. The number of rotatable bonds is 2. The zero-order valence-corrected chi connectivity index (χ0v) is 12.2. The molecule has 3 fully saturated rings. The molecule has 4 atom stereocenters. The van der Waals surface area contributed by atoms with E-state index in [-0.39, 0.29) is 5.60 Å². The number of aliphatic hydroxyl groups is 1. The quantitative estimate of drug-likeness (QED) is 0.837. The summed E-state index contributed by atoms with van der Waals surface area (Å²) >= 11 is 0. The summed E-state index contributed by atoms with van der Waals surface area (Å²) in [5, 5.41) is 11.3. The van der Waals surface area contributed by atoms with Crippen LogP contribution in [-0.4, -0.2) is 36.1 Å². The molecular weight excluding hydrogens is 240 g/mol. The van der Waals surface area contributed by atoms with Crippen molar-refractivity contribution < 1.29 is 14.6 Å². The van der Waals surface area contributed by atoms with Crippen molar-refractivity contribution in [1.82, 2.24) is 0 Å². The lowest BCUT2D eigenvalue weighted by molar-refractivity contribution is -0.169. The van der Waals surface area contributed by atoms with Crippen LogP contribution in [0.25, 0.3) is 0 Å². The minimum Gasteiger partial charge on any atom is -0.389 e. The highest BCUT2D eigenvalue weighted by molar-refractivity contribution is 5.01. The summed E-state index contributed by atoms with van der Waals surface area (Å²) < 4.78 is 11.6. The van der Waals surface area contributed by atoms with Crippen LogP contribution in [0.2, 0.25) is 0 Å². The van der Waals surface area contributed by atoms with Crippen molar-refractivity contribution in [2.24, 2.45) is 11.8 Å². The molecule has 0 bridgehead atoms. The molecule has 2 aliphatic heterocycles. The molecular formula is C16H28O3. The van der Waals surface area contributed by atoms with E-state index in [0.29, 0.717) is 11.8 Å². The molecule has 0 aromatic rings. The van der Waals surface area contributed by atoms with Crippen LogP contribution < -0.4 is 0 Å². The predicted molar refractivity (Wildman–Crippen MR) is 74.0 cm³/mol. The summed E-state index contributed by atoms with van der Waals surface area (Å²) in [6, 6.07) is 0. The van der Waals surface area contributed by atoms with Gasteiger partial charge in [0.1, 0.15) is 0 Å². The van der Waals surface area contributed by atoms with Gasteiger partial charge >= 0.3 is 0 Å². The van der Waals surface area contributed by atoms with E-state index in [0.717, 1.165) is 51.9 Å². The molecule has 1 aliphatic carbocycles. The fourth-order valence-electron chi connectivity index (χ4n) is 4.67.